The first kappa shape index (κ1) is 18.0. The molecule has 3 N–H and O–H groups in total. The highest BCUT2D eigenvalue weighted by molar-refractivity contribution is 5.87. The first-order valence-corrected chi connectivity index (χ1v) is 7.01. The van der Waals surface area contributed by atoms with E-state index in [0.717, 1.165) is 0 Å². The molecular weight excluding hydrogens is 288 g/mol. The summed E-state index contributed by atoms with van der Waals surface area (Å²) >= 11 is 0. The maximum Gasteiger partial charge on any atom is 0.407 e. The van der Waals surface area contributed by atoms with E-state index in [2.05, 4.69) is 10.6 Å². The first-order chi connectivity index (χ1) is 9.98. The molecule has 0 saturated carbocycles. The molecule has 0 aliphatic rings. The van der Waals surface area contributed by atoms with Crippen LogP contribution in [0.1, 0.15) is 50.7 Å². The van der Waals surface area contributed by atoms with Crippen molar-refractivity contribution in [3.8, 4) is 0 Å². The van der Waals surface area contributed by atoms with Crippen molar-refractivity contribution in [2.45, 2.75) is 52.3 Å². The van der Waals surface area contributed by atoms with Gasteiger partial charge in [0.15, 0.2) is 0 Å². The van der Waals surface area contributed by atoms with E-state index in [9.17, 15) is 9.59 Å². The van der Waals surface area contributed by atoms with Gasteiger partial charge in [0, 0.05) is 12.1 Å². The number of ether oxygens (including phenoxy) is 1. The second-order valence-corrected chi connectivity index (χ2v) is 6.70. The van der Waals surface area contributed by atoms with Gasteiger partial charge in [0.05, 0.1) is 12.1 Å². The topological polar surface area (TPSA) is 101 Å². The highest BCUT2D eigenvalue weighted by Gasteiger charge is 2.22. The largest absolute Gasteiger partial charge is 0.478 e. The van der Waals surface area contributed by atoms with E-state index in [1.54, 1.807) is 20.8 Å². The van der Waals surface area contributed by atoms with Crippen LogP contribution >= 0.6 is 0 Å². The summed E-state index contributed by atoms with van der Waals surface area (Å²) in [6, 6.07) is 1.46. The van der Waals surface area contributed by atoms with Crippen molar-refractivity contribution in [2.24, 2.45) is 0 Å². The molecule has 0 unspecified atom stereocenters. The monoisotopic (exact) mass is 312 g/mol. The van der Waals surface area contributed by atoms with Gasteiger partial charge in [-0.1, -0.05) is 0 Å². The van der Waals surface area contributed by atoms with Gasteiger partial charge < -0.3 is 24.9 Å². The molecule has 0 bridgehead atoms. The number of nitrogens with one attached hydrogen (secondary N) is 2. The van der Waals surface area contributed by atoms with Crippen molar-refractivity contribution in [1.29, 1.82) is 0 Å². The van der Waals surface area contributed by atoms with E-state index in [1.807, 2.05) is 13.8 Å². The molecule has 1 heterocycles. The molecule has 0 aromatic carbocycles. The van der Waals surface area contributed by atoms with Crippen molar-refractivity contribution < 1.29 is 23.8 Å². The molecule has 1 aromatic rings. The number of carbonyl (C=O) groups excluding carboxylic acids is 1. The quantitative estimate of drug-likeness (QED) is 0.745. The normalized spacial score (nSPS) is 12.0. The Morgan fingerprint density at radius 3 is 2.41 bits per heavy atom. The van der Waals surface area contributed by atoms with E-state index in [-0.39, 0.29) is 5.56 Å². The van der Waals surface area contributed by atoms with Gasteiger partial charge in [-0.3, -0.25) is 0 Å². The lowest BCUT2D eigenvalue weighted by molar-refractivity contribution is 0.0512. The Kier molecular flexibility index (Phi) is 5.59. The van der Waals surface area contributed by atoms with Crippen LogP contribution in [0, 0.1) is 0 Å². The molecule has 0 spiro atoms. The van der Waals surface area contributed by atoms with Crippen molar-refractivity contribution in [3.63, 3.8) is 0 Å². The number of amides is 1. The Bertz CT molecular complexity index is 528. The summed E-state index contributed by atoms with van der Waals surface area (Å²) in [4.78, 5) is 22.4. The molecule has 0 aliphatic carbocycles. The van der Waals surface area contributed by atoms with E-state index in [1.165, 1.54) is 12.3 Å². The summed E-state index contributed by atoms with van der Waals surface area (Å²) in [7, 11) is 0. The third-order valence-corrected chi connectivity index (χ3v) is 2.72. The molecule has 1 aromatic heterocycles. The average molecular weight is 312 g/mol. The predicted octanol–water partition coefficient (Wildman–Crippen LogP) is 2.37. The van der Waals surface area contributed by atoms with E-state index in [0.29, 0.717) is 18.8 Å². The van der Waals surface area contributed by atoms with E-state index in [4.69, 9.17) is 14.3 Å². The molecule has 0 fully saturated rings. The molecule has 0 atom stereocenters. The molecule has 124 valence electrons. The summed E-state index contributed by atoms with van der Waals surface area (Å²) in [5.41, 5.74) is -0.836. The summed E-state index contributed by atoms with van der Waals surface area (Å²) < 4.78 is 10.3. The van der Waals surface area contributed by atoms with Gasteiger partial charge in [0.2, 0.25) is 0 Å². The zero-order valence-electron chi connectivity index (χ0n) is 13.6. The summed E-state index contributed by atoms with van der Waals surface area (Å²) in [5.74, 6) is -0.511. The fourth-order valence-corrected chi connectivity index (χ4v) is 1.58. The number of carboxylic acid groups (broad SMARTS) is 1. The molecule has 7 nitrogen and oxygen atoms in total. The smallest absolute Gasteiger partial charge is 0.407 e. The fourth-order valence-electron chi connectivity index (χ4n) is 1.58. The Labute approximate surface area is 130 Å². The Morgan fingerprint density at radius 1 is 1.27 bits per heavy atom. The molecular formula is C15H24N2O5. The van der Waals surface area contributed by atoms with Gasteiger partial charge in [0.25, 0.3) is 0 Å². The number of hydrogen-bond donors (Lipinski definition) is 3. The number of carbonyl (C=O) groups is 2. The van der Waals surface area contributed by atoms with Crippen LogP contribution in [-0.2, 0) is 11.3 Å². The van der Waals surface area contributed by atoms with Crippen LogP contribution in [0.5, 0.6) is 0 Å². The molecule has 1 rings (SSSR count). The minimum Gasteiger partial charge on any atom is -0.478 e. The maximum absolute atomic E-state index is 11.6. The van der Waals surface area contributed by atoms with Gasteiger partial charge in [0.1, 0.15) is 17.6 Å². The van der Waals surface area contributed by atoms with Gasteiger partial charge in [-0.2, -0.15) is 0 Å². The van der Waals surface area contributed by atoms with Crippen LogP contribution in [-0.4, -0.2) is 34.9 Å². The second kappa shape index (κ2) is 6.83. The highest BCUT2D eigenvalue weighted by Crippen LogP contribution is 2.10. The number of furan rings is 1. The lowest BCUT2D eigenvalue weighted by atomic mass is 10.1. The van der Waals surface area contributed by atoms with Crippen LogP contribution in [0.15, 0.2) is 16.7 Å². The molecule has 0 saturated heterocycles. The van der Waals surface area contributed by atoms with Gasteiger partial charge in [-0.15, -0.1) is 0 Å². The van der Waals surface area contributed by atoms with Crippen LogP contribution in [0.2, 0.25) is 0 Å². The van der Waals surface area contributed by atoms with E-state index >= 15 is 0 Å². The number of alkyl carbamates (subject to hydrolysis) is 1. The minimum atomic E-state index is -1.03. The molecule has 1 amide bonds. The Hall–Kier alpha value is -2.02. The summed E-state index contributed by atoms with van der Waals surface area (Å²) in [5, 5.41) is 14.7. The number of hydrogen-bond acceptors (Lipinski definition) is 5. The maximum atomic E-state index is 11.6. The molecule has 22 heavy (non-hydrogen) atoms. The van der Waals surface area contributed by atoms with Crippen molar-refractivity contribution in [1.82, 2.24) is 10.6 Å². The molecule has 7 heteroatoms. The first-order valence-electron chi connectivity index (χ1n) is 7.01. The summed E-state index contributed by atoms with van der Waals surface area (Å²) in [6.45, 7) is 9.92. The van der Waals surface area contributed by atoms with Gasteiger partial charge in [-0.05, 0) is 40.7 Å². The minimum absolute atomic E-state index is 0.112. The predicted molar refractivity (Wildman–Crippen MR) is 80.8 cm³/mol. The van der Waals surface area contributed by atoms with E-state index < -0.39 is 23.2 Å². The third kappa shape index (κ3) is 6.62. The lowest BCUT2D eigenvalue weighted by Gasteiger charge is -2.27. The zero-order chi connectivity index (χ0) is 17.0. The lowest BCUT2D eigenvalue weighted by Crippen LogP contribution is -2.49. The third-order valence-electron chi connectivity index (χ3n) is 2.72. The van der Waals surface area contributed by atoms with Crippen LogP contribution in [0.25, 0.3) is 0 Å². The van der Waals surface area contributed by atoms with Crippen LogP contribution in [0.4, 0.5) is 4.79 Å². The Morgan fingerprint density at radius 2 is 1.91 bits per heavy atom. The number of rotatable bonds is 6. The average Bonchev–Trinajstić information content (AvgIpc) is 2.81. The number of carboxylic acids is 1. The van der Waals surface area contributed by atoms with Crippen LogP contribution in [0.3, 0.4) is 0 Å². The SMILES string of the molecule is CC(C)(CNC(=O)OC(C)(C)C)NCc1cc(C(=O)O)co1. The van der Waals surface area contributed by atoms with Crippen molar-refractivity contribution in [2.75, 3.05) is 6.54 Å². The highest BCUT2D eigenvalue weighted by atomic mass is 16.6. The zero-order valence-corrected chi connectivity index (χ0v) is 13.6. The standard InChI is InChI=1S/C15H24N2O5/c1-14(2,3)22-13(20)16-9-15(4,5)17-7-11-6-10(8-21-11)12(18)19/h6,8,17H,7,9H2,1-5H3,(H,16,20)(H,18,19). The van der Waals surface area contributed by atoms with Crippen molar-refractivity contribution in [3.05, 3.63) is 23.7 Å². The van der Waals surface area contributed by atoms with Gasteiger partial charge in [-0.25, -0.2) is 9.59 Å². The van der Waals surface area contributed by atoms with Crippen LogP contribution < -0.4 is 10.6 Å². The number of aromatic carboxylic acids is 1. The second-order valence-electron chi connectivity index (χ2n) is 6.70. The fraction of sp³-hybridized carbons (Fsp3) is 0.600. The van der Waals surface area contributed by atoms with Crippen molar-refractivity contribution >= 4 is 12.1 Å². The van der Waals surface area contributed by atoms with Gasteiger partial charge >= 0.3 is 12.1 Å². The molecule has 0 radical (unpaired) electrons. The Balaban J connectivity index is 2.43. The molecule has 0 aliphatic heterocycles. The summed E-state index contributed by atoms with van der Waals surface area (Å²) in [6.07, 6.45) is 0.721.